The minimum absolute atomic E-state index is 0. The topological polar surface area (TPSA) is 53.6 Å². The molecular formula is C16H26ClN3O2. The van der Waals surface area contributed by atoms with Gasteiger partial charge in [0, 0.05) is 19.1 Å². The third-order valence-electron chi connectivity index (χ3n) is 3.90. The van der Waals surface area contributed by atoms with Gasteiger partial charge in [0.15, 0.2) is 0 Å². The van der Waals surface area contributed by atoms with E-state index in [0.29, 0.717) is 19.1 Å². The summed E-state index contributed by atoms with van der Waals surface area (Å²) in [6, 6.07) is 8.27. The van der Waals surface area contributed by atoms with E-state index in [1.807, 2.05) is 31.3 Å². The van der Waals surface area contributed by atoms with Crippen LogP contribution < -0.4 is 15.4 Å². The highest BCUT2D eigenvalue weighted by molar-refractivity contribution is 5.85. The summed E-state index contributed by atoms with van der Waals surface area (Å²) in [7, 11) is 3.63. The molecule has 1 atom stereocenters. The van der Waals surface area contributed by atoms with Crippen molar-refractivity contribution in [1.82, 2.24) is 15.5 Å². The molecule has 1 heterocycles. The van der Waals surface area contributed by atoms with Crippen molar-refractivity contribution in [3.8, 4) is 5.75 Å². The van der Waals surface area contributed by atoms with Gasteiger partial charge in [-0.2, -0.15) is 0 Å². The number of likely N-dealkylation sites (tertiary alicyclic amines) is 1. The molecule has 2 N–H and O–H groups in total. The van der Waals surface area contributed by atoms with E-state index in [1.165, 1.54) is 6.42 Å². The minimum Gasteiger partial charge on any atom is -0.497 e. The number of rotatable bonds is 6. The van der Waals surface area contributed by atoms with E-state index in [1.54, 1.807) is 7.11 Å². The minimum atomic E-state index is 0. The van der Waals surface area contributed by atoms with Crippen LogP contribution in [0.4, 0.5) is 0 Å². The fraction of sp³-hybridized carbons (Fsp3) is 0.562. The molecule has 1 aromatic rings. The molecule has 0 aromatic heterocycles. The van der Waals surface area contributed by atoms with E-state index in [-0.39, 0.29) is 18.3 Å². The first-order chi connectivity index (χ1) is 10.2. The van der Waals surface area contributed by atoms with Crippen LogP contribution in [-0.2, 0) is 11.3 Å². The first-order valence-corrected chi connectivity index (χ1v) is 7.50. The molecule has 124 valence electrons. The number of carbonyl (C=O) groups excluding carboxylic acids is 1. The first-order valence-electron chi connectivity index (χ1n) is 7.50. The van der Waals surface area contributed by atoms with E-state index in [4.69, 9.17) is 4.74 Å². The number of ether oxygens (including phenoxy) is 1. The standard InChI is InChI=1S/C16H25N3O2.ClH/c1-17-14-6-4-8-19(11-14)12-16(20)18-10-13-5-3-7-15(9-13)21-2;/h3,5,7,9,14,17H,4,6,8,10-12H2,1-2H3,(H,18,20);1H. The molecule has 1 amide bonds. The number of likely N-dealkylation sites (N-methyl/N-ethyl adjacent to an activating group) is 1. The summed E-state index contributed by atoms with van der Waals surface area (Å²) >= 11 is 0. The lowest BCUT2D eigenvalue weighted by Gasteiger charge is -2.31. The summed E-state index contributed by atoms with van der Waals surface area (Å²) in [6.07, 6.45) is 2.34. The molecule has 1 saturated heterocycles. The van der Waals surface area contributed by atoms with Gasteiger partial charge in [0.25, 0.3) is 0 Å². The number of benzene rings is 1. The largest absolute Gasteiger partial charge is 0.497 e. The van der Waals surface area contributed by atoms with E-state index in [9.17, 15) is 4.79 Å². The number of carbonyl (C=O) groups is 1. The van der Waals surface area contributed by atoms with Crippen molar-refractivity contribution in [2.75, 3.05) is 33.8 Å². The van der Waals surface area contributed by atoms with Crippen molar-refractivity contribution in [1.29, 1.82) is 0 Å². The molecule has 1 aliphatic heterocycles. The van der Waals surface area contributed by atoms with E-state index in [2.05, 4.69) is 15.5 Å². The molecule has 0 radical (unpaired) electrons. The lowest BCUT2D eigenvalue weighted by Crippen LogP contribution is -2.47. The summed E-state index contributed by atoms with van der Waals surface area (Å²) in [4.78, 5) is 14.2. The summed E-state index contributed by atoms with van der Waals surface area (Å²) < 4.78 is 5.18. The van der Waals surface area contributed by atoms with Crippen LogP contribution in [0.15, 0.2) is 24.3 Å². The van der Waals surface area contributed by atoms with Crippen LogP contribution in [0.3, 0.4) is 0 Å². The Hall–Kier alpha value is -1.30. The molecule has 1 aromatic carbocycles. The number of methoxy groups -OCH3 is 1. The van der Waals surface area contributed by atoms with Crippen LogP contribution in [0.1, 0.15) is 18.4 Å². The lowest BCUT2D eigenvalue weighted by molar-refractivity contribution is -0.122. The number of nitrogens with zero attached hydrogens (tertiary/aromatic N) is 1. The van der Waals surface area contributed by atoms with Crippen LogP contribution in [-0.4, -0.2) is 50.6 Å². The Kier molecular flexibility index (Phi) is 8.24. The van der Waals surface area contributed by atoms with Gasteiger partial charge in [-0.1, -0.05) is 12.1 Å². The Morgan fingerprint density at radius 3 is 3.00 bits per heavy atom. The Morgan fingerprint density at radius 1 is 1.45 bits per heavy atom. The number of hydrogen-bond acceptors (Lipinski definition) is 4. The van der Waals surface area contributed by atoms with Crippen molar-refractivity contribution in [2.45, 2.75) is 25.4 Å². The zero-order valence-corrected chi connectivity index (χ0v) is 14.1. The Bertz CT molecular complexity index is 470. The molecule has 0 aliphatic carbocycles. The molecule has 5 nitrogen and oxygen atoms in total. The van der Waals surface area contributed by atoms with Gasteiger partial charge in [-0.25, -0.2) is 0 Å². The van der Waals surface area contributed by atoms with Gasteiger partial charge in [0.05, 0.1) is 13.7 Å². The van der Waals surface area contributed by atoms with Crippen molar-refractivity contribution < 1.29 is 9.53 Å². The summed E-state index contributed by atoms with van der Waals surface area (Å²) in [5.74, 6) is 0.893. The van der Waals surface area contributed by atoms with Crippen LogP contribution in [0.25, 0.3) is 0 Å². The van der Waals surface area contributed by atoms with Gasteiger partial charge in [-0.3, -0.25) is 9.69 Å². The second-order valence-electron chi connectivity index (χ2n) is 5.49. The summed E-state index contributed by atoms with van der Waals surface area (Å²) in [5.41, 5.74) is 1.05. The Labute approximate surface area is 138 Å². The van der Waals surface area contributed by atoms with E-state index >= 15 is 0 Å². The third-order valence-corrected chi connectivity index (χ3v) is 3.90. The Balaban J connectivity index is 0.00000242. The Morgan fingerprint density at radius 2 is 2.27 bits per heavy atom. The predicted octanol–water partition coefficient (Wildman–Crippen LogP) is 1.42. The van der Waals surface area contributed by atoms with Crippen LogP contribution in [0.5, 0.6) is 5.75 Å². The van der Waals surface area contributed by atoms with Crippen molar-refractivity contribution in [2.24, 2.45) is 0 Å². The average Bonchev–Trinajstić information content (AvgIpc) is 2.53. The predicted molar refractivity (Wildman–Crippen MR) is 90.6 cm³/mol. The van der Waals surface area contributed by atoms with Crippen molar-refractivity contribution in [3.63, 3.8) is 0 Å². The number of hydrogen-bond donors (Lipinski definition) is 2. The highest BCUT2D eigenvalue weighted by Crippen LogP contribution is 2.12. The number of amides is 1. The van der Waals surface area contributed by atoms with Crippen LogP contribution in [0, 0.1) is 0 Å². The molecule has 1 fully saturated rings. The molecule has 2 rings (SSSR count). The fourth-order valence-corrected chi connectivity index (χ4v) is 2.68. The maximum atomic E-state index is 12.0. The first kappa shape index (κ1) is 18.7. The fourth-order valence-electron chi connectivity index (χ4n) is 2.68. The molecular weight excluding hydrogens is 302 g/mol. The second kappa shape index (κ2) is 9.66. The molecule has 22 heavy (non-hydrogen) atoms. The summed E-state index contributed by atoms with van der Waals surface area (Å²) in [6.45, 7) is 2.97. The molecule has 1 aliphatic rings. The number of nitrogens with one attached hydrogen (secondary N) is 2. The third kappa shape index (κ3) is 5.83. The van der Waals surface area contributed by atoms with E-state index < -0.39 is 0 Å². The molecule has 1 unspecified atom stereocenters. The normalized spacial score (nSPS) is 18.4. The van der Waals surface area contributed by atoms with Crippen LogP contribution >= 0.6 is 12.4 Å². The average molecular weight is 328 g/mol. The quantitative estimate of drug-likeness (QED) is 0.829. The van der Waals surface area contributed by atoms with Gasteiger partial charge in [0.2, 0.25) is 5.91 Å². The number of halogens is 1. The smallest absolute Gasteiger partial charge is 0.234 e. The molecule has 6 heteroatoms. The van der Waals surface area contributed by atoms with Gasteiger partial charge in [0.1, 0.15) is 5.75 Å². The highest BCUT2D eigenvalue weighted by atomic mass is 35.5. The van der Waals surface area contributed by atoms with Gasteiger partial charge in [-0.15, -0.1) is 12.4 Å². The molecule has 0 saturated carbocycles. The maximum Gasteiger partial charge on any atom is 0.234 e. The van der Waals surface area contributed by atoms with Gasteiger partial charge >= 0.3 is 0 Å². The molecule has 0 bridgehead atoms. The van der Waals surface area contributed by atoms with Gasteiger partial charge < -0.3 is 15.4 Å². The molecule has 0 spiro atoms. The zero-order valence-electron chi connectivity index (χ0n) is 13.3. The van der Waals surface area contributed by atoms with Crippen molar-refractivity contribution in [3.05, 3.63) is 29.8 Å². The second-order valence-corrected chi connectivity index (χ2v) is 5.49. The number of piperidine rings is 1. The summed E-state index contributed by atoms with van der Waals surface area (Å²) in [5, 5.41) is 6.26. The monoisotopic (exact) mass is 327 g/mol. The highest BCUT2D eigenvalue weighted by Gasteiger charge is 2.19. The van der Waals surface area contributed by atoms with Gasteiger partial charge in [-0.05, 0) is 44.1 Å². The maximum absolute atomic E-state index is 12.0. The lowest BCUT2D eigenvalue weighted by atomic mass is 10.1. The van der Waals surface area contributed by atoms with E-state index in [0.717, 1.165) is 30.8 Å². The van der Waals surface area contributed by atoms with Crippen molar-refractivity contribution >= 4 is 18.3 Å². The van der Waals surface area contributed by atoms with Crippen LogP contribution in [0.2, 0.25) is 0 Å². The SMILES string of the molecule is CNC1CCCN(CC(=O)NCc2cccc(OC)c2)C1.Cl. The zero-order chi connectivity index (χ0) is 15.1.